The van der Waals surface area contributed by atoms with Crippen LogP contribution in [-0.4, -0.2) is 70.2 Å². The van der Waals surface area contributed by atoms with Gasteiger partial charge in [-0.3, -0.25) is 23.8 Å². The van der Waals surface area contributed by atoms with Crippen molar-refractivity contribution in [1.82, 2.24) is 24.3 Å². The SMILES string of the molecule is CC#CCN1c2c(n(C)c(=O)n(Cc3cccnc3)c2=O)N(OC(=O)C(F)(F)F)C1N1CCNCC1. The molecule has 1 unspecified atom stereocenters. The molecule has 1 saturated heterocycles. The molecule has 0 aliphatic carbocycles. The van der Waals surface area contributed by atoms with E-state index >= 15 is 0 Å². The summed E-state index contributed by atoms with van der Waals surface area (Å²) in [6.45, 7) is 3.22. The smallest absolute Gasteiger partial charge is 0.327 e. The van der Waals surface area contributed by atoms with Crippen molar-refractivity contribution < 1.29 is 22.8 Å². The molecular formula is C22H24F3N7O4. The fraction of sp³-hybridized carbons (Fsp3) is 0.455. The number of anilines is 2. The van der Waals surface area contributed by atoms with Gasteiger partial charge in [0.25, 0.3) is 5.56 Å². The van der Waals surface area contributed by atoms with Crippen molar-refractivity contribution in [1.29, 1.82) is 0 Å². The average molecular weight is 507 g/mol. The van der Waals surface area contributed by atoms with E-state index in [1.54, 1.807) is 30.2 Å². The van der Waals surface area contributed by atoms with Gasteiger partial charge in [-0.15, -0.1) is 11.0 Å². The van der Waals surface area contributed by atoms with Crippen LogP contribution in [0.2, 0.25) is 0 Å². The van der Waals surface area contributed by atoms with Crippen molar-refractivity contribution in [3.63, 3.8) is 0 Å². The fourth-order valence-corrected chi connectivity index (χ4v) is 4.22. The second kappa shape index (κ2) is 10.0. The Hall–Kier alpha value is -3.83. The van der Waals surface area contributed by atoms with Crippen molar-refractivity contribution in [2.45, 2.75) is 25.9 Å². The summed E-state index contributed by atoms with van der Waals surface area (Å²) in [6, 6.07) is 3.34. The molecule has 0 saturated carbocycles. The highest BCUT2D eigenvalue weighted by Gasteiger charge is 2.50. The molecule has 0 radical (unpaired) electrons. The molecule has 11 nitrogen and oxygen atoms in total. The number of hydrogen-bond acceptors (Lipinski definition) is 9. The molecule has 0 bridgehead atoms. The standard InChI is InChI=1S/C22H24F3N7O4/c1-3-4-10-30-16-17(28(2)21(35)31(18(16)33)14-15-6-5-7-27-13-15)32(36-19(34)22(23,24)25)20(30)29-11-8-26-9-12-29/h5-7,13,20,26H,8-12,14H2,1-2H3. The van der Waals surface area contributed by atoms with E-state index in [-0.39, 0.29) is 24.6 Å². The molecule has 0 amide bonds. The first kappa shape index (κ1) is 25.3. The van der Waals surface area contributed by atoms with Gasteiger partial charge in [-0.25, -0.2) is 9.59 Å². The number of alkyl halides is 3. The summed E-state index contributed by atoms with van der Waals surface area (Å²) in [4.78, 5) is 50.9. The molecule has 14 heteroatoms. The molecule has 2 aromatic heterocycles. The summed E-state index contributed by atoms with van der Waals surface area (Å²) in [5, 5.41) is 3.84. The molecule has 4 heterocycles. The molecule has 36 heavy (non-hydrogen) atoms. The lowest BCUT2D eigenvalue weighted by atomic mass is 10.3. The minimum Gasteiger partial charge on any atom is -0.327 e. The van der Waals surface area contributed by atoms with E-state index in [0.29, 0.717) is 36.8 Å². The minimum atomic E-state index is -5.29. The molecule has 4 rings (SSSR count). The first-order chi connectivity index (χ1) is 17.1. The number of nitrogens with zero attached hydrogens (tertiary/aromatic N) is 6. The molecule has 1 atom stereocenters. The summed E-state index contributed by atoms with van der Waals surface area (Å²) in [6.07, 6.45) is -3.37. The Morgan fingerprint density at radius 3 is 2.61 bits per heavy atom. The third-order valence-electron chi connectivity index (χ3n) is 5.86. The van der Waals surface area contributed by atoms with Crippen LogP contribution in [0, 0.1) is 11.8 Å². The zero-order valence-corrected chi connectivity index (χ0v) is 19.6. The maximum atomic E-state index is 13.7. The van der Waals surface area contributed by atoms with Crippen molar-refractivity contribution >= 4 is 17.5 Å². The number of halogens is 3. The van der Waals surface area contributed by atoms with Gasteiger partial charge in [0.1, 0.15) is 0 Å². The number of carbonyl (C=O) groups is 1. The fourth-order valence-electron chi connectivity index (χ4n) is 4.22. The van der Waals surface area contributed by atoms with E-state index in [0.717, 1.165) is 9.13 Å². The zero-order chi connectivity index (χ0) is 26.0. The van der Waals surface area contributed by atoms with Crippen molar-refractivity contribution in [3.05, 3.63) is 50.9 Å². The van der Waals surface area contributed by atoms with E-state index in [1.165, 1.54) is 18.1 Å². The van der Waals surface area contributed by atoms with Crippen LogP contribution in [0.25, 0.3) is 0 Å². The van der Waals surface area contributed by atoms with Gasteiger partial charge in [-0.1, -0.05) is 12.0 Å². The summed E-state index contributed by atoms with van der Waals surface area (Å²) in [7, 11) is 1.30. The Morgan fingerprint density at radius 2 is 2.00 bits per heavy atom. The van der Waals surface area contributed by atoms with E-state index in [9.17, 15) is 27.6 Å². The van der Waals surface area contributed by atoms with Crippen LogP contribution in [-0.2, 0) is 23.2 Å². The quantitative estimate of drug-likeness (QED) is 0.554. The number of aromatic nitrogens is 3. The monoisotopic (exact) mass is 507 g/mol. The van der Waals surface area contributed by atoms with Crippen LogP contribution in [0.1, 0.15) is 12.5 Å². The lowest BCUT2D eigenvalue weighted by molar-refractivity contribution is -0.203. The van der Waals surface area contributed by atoms with Crippen molar-refractivity contribution in [2.24, 2.45) is 7.05 Å². The molecule has 2 aromatic rings. The van der Waals surface area contributed by atoms with Crippen LogP contribution in [0.5, 0.6) is 0 Å². The maximum absolute atomic E-state index is 13.7. The van der Waals surface area contributed by atoms with E-state index < -0.39 is 29.7 Å². The maximum Gasteiger partial charge on any atom is 0.493 e. The highest BCUT2D eigenvalue weighted by Crippen LogP contribution is 2.38. The van der Waals surface area contributed by atoms with Crippen LogP contribution >= 0.6 is 0 Å². The van der Waals surface area contributed by atoms with Gasteiger partial charge in [-0.2, -0.15) is 13.2 Å². The van der Waals surface area contributed by atoms with Gasteiger partial charge in [0.15, 0.2) is 17.8 Å². The predicted octanol–water partition coefficient (Wildman–Crippen LogP) is -0.151. The van der Waals surface area contributed by atoms with Gasteiger partial charge in [0.2, 0.25) is 0 Å². The van der Waals surface area contributed by atoms with Crippen molar-refractivity contribution in [3.8, 4) is 11.8 Å². The first-order valence-corrected chi connectivity index (χ1v) is 11.1. The largest absolute Gasteiger partial charge is 0.493 e. The third kappa shape index (κ3) is 4.67. The topological polar surface area (TPSA) is 105 Å². The van der Waals surface area contributed by atoms with Gasteiger partial charge in [0.05, 0.1) is 13.1 Å². The molecule has 0 spiro atoms. The number of piperazine rings is 1. The second-order valence-corrected chi connectivity index (χ2v) is 8.16. The van der Waals surface area contributed by atoms with Crippen molar-refractivity contribution in [2.75, 3.05) is 42.7 Å². The zero-order valence-electron chi connectivity index (χ0n) is 19.6. The number of fused-ring (bicyclic) bond motifs is 1. The molecular weight excluding hydrogens is 483 g/mol. The Bertz CT molecular complexity index is 1310. The lowest BCUT2D eigenvalue weighted by Crippen LogP contribution is -2.61. The predicted molar refractivity (Wildman–Crippen MR) is 123 cm³/mol. The number of rotatable bonds is 5. The average Bonchev–Trinajstić information content (AvgIpc) is 3.18. The molecule has 192 valence electrons. The molecule has 1 fully saturated rings. The first-order valence-electron chi connectivity index (χ1n) is 11.1. The molecule has 0 aromatic carbocycles. The van der Waals surface area contributed by atoms with E-state index in [1.807, 2.05) is 0 Å². The summed E-state index contributed by atoms with van der Waals surface area (Å²) in [5.41, 5.74) is -1.06. The third-order valence-corrected chi connectivity index (χ3v) is 5.86. The lowest BCUT2D eigenvalue weighted by Gasteiger charge is -2.40. The Morgan fingerprint density at radius 1 is 1.28 bits per heavy atom. The number of pyridine rings is 1. The van der Waals surface area contributed by atoms with Gasteiger partial charge >= 0.3 is 17.8 Å². The molecule has 2 aliphatic heterocycles. The van der Waals surface area contributed by atoms with Crippen LogP contribution in [0.4, 0.5) is 24.7 Å². The van der Waals surface area contributed by atoms with Gasteiger partial charge < -0.3 is 15.1 Å². The normalized spacial score (nSPS) is 18.0. The van der Waals surface area contributed by atoms with Crippen LogP contribution in [0.15, 0.2) is 34.1 Å². The van der Waals surface area contributed by atoms with Gasteiger partial charge in [0, 0.05) is 45.6 Å². The highest BCUT2D eigenvalue weighted by atomic mass is 19.4. The number of carbonyl (C=O) groups excluding carboxylic acids is 1. The highest BCUT2D eigenvalue weighted by molar-refractivity contribution is 5.80. The summed E-state index contributed by atoms with van der Waals surface area (Å²) >= 11 is 0. The Labute approximate surface area is 203 Å². The van der Waals surface area contributed by atoms with Gasteiger partial charge in [-0.05, 0) is 18.6 Å². The van der Waals surface area contributed by atoms with E-state index in [2.05, 4.69) is 22.1 Å². The molecule has 2 aliphatic rings. The Balaban J connectivity index is 1.91. The van der Waals surface area contributed by atoms with Crippen LogP contribution < -0.4 is 26.5 Å². The number of hydroxylamine groups is 1. The second-order valence-electron chi connectivity index (χ2n) is 8.16. The minimum absolute atomic E-state index is 0.0570. The van der Waals surface area contributed by atoms with E-state index in [4.69, 9.17) is 4.84 Å². The Kier molecular flexibility index (Phi) is 7.04. The van der Waals surface area contributed by atoms with Crippen LogP contribution in [0.3, 0.4) is 0 Å². The summed E-state index contributed by atoms with van der Waals surface area (Å²) in [5.74, 6) is 2.82. The summed E-state index contributed by atoms with van der Waals surface area (Å²) < 4.78 is 41.6. The number of nitrogens with one attached hydrogen (secondary N) is 1. The molecule has 1 N–H and O–H groups in total. The number of hydrogen-bond donors (Lipinski definition) is 1.